The van der Waals surface area contributed by atoms with Gasteiger partial charge in [-0.3, -0.25) is 14.5 Å². The third-order valence-corrected chi connectivity index (χ3v) is 8.62. The van der Waals surface area contributed by atoms with Crippen molar-refractivity contribution < 1.29 is 18.7 Å². The van der Waals surface area contributed by atoms with Crippen molar-refractivity contribution in [2.75, 3.05) is 13.6 Å². The minimum Gasteiger partial charge on any atom is -0.465 e. The van der Waals surface area contributed by atoms with Crippen molar-refractivity contribution in [2.24, 2.45) is 0 Å². The average molecular weight is 549 g/mol. The lowest BCUT2D eigenvalue weighted by Crippen LogP contribution is -2.49. The van der Waals surface area contributed by atoms with Gasteiger partial charge in [-0.25, -0.2) is 23.4 Å². The van der Waals surface area contributed by atoms with Crippen LogP contribution in [-0.2, 0) is 0 Å². The van der Waals surface area contributed by atoms with Crippen molar-refractivity contribution >= 4 is 17.3 Å². The average Bonchev–Trinajstić information content (AvgIpc) is 3.20. The molecule has 3 N–H and O–H groups in total. The molecule has 2 aliphatic rings. The third-order valence-electron chi connectivity index (χ3n) is 8.62. The van der Waals surface area contributed by atoms with Gasteiger partial charge in [0.1, 0.15) is 0 Å². The normalized spacial score (nSPS) is 25.0. The summed E-state index contributed by atoms with van der Waals surface area (Å²) in [4.78, 5) is 38.7. The second-order valence-corrected chi connectivity index (χ2v) is 10.6. The molecule has 1 saturated heterocycles. The Bertz CT molecular complexity index is 1620. The maximum Gasteiger partial charge on any atom is 0.407 e. The lowest BCUT2D eigenvalue weighted by atomic mass is 9.82. The number of carbonyl (C=O) groups is 1. The molecule has 40 heavy (non-hydrogen) atoms. The molecule has 4 heterocycles. The van der Waals surface area contributed by atoms with Gasteiger partial charge in [-0.15, -0.1) is 0 Å². The molecule has 11 heteroatoms. The minimum absolute atomic E-state index is 0.250. The van der Waals surface area contributed by atoms with Gasteiger partial charge in [0.2, 0.25) is 0 Å². The minimum atomic E-state index is -1.03. The highest BCUT2D eigenvalue weighted by atomic mass is 19.2. The second kappa shape index (κ2) is 10.5. The number of imidazole rings is 1. The van der Waals surface area contributed by atoms with E-state index in [-0.39, 0.29) is 35.8 Å². The standard InChI is InChI=1S/C29H30F2N6O3/c1-32-25-18(17-5-2-7-21(30)24(17)31)9-10-19(26-20(25)6-3-12-33-26)23-15-16(11-14-36(23)29(39)40)37-22-8-4-13-34-27(22)35-28(37)38/h2-8,12-13,16,18-19,23,25,32H,9-11,14-15H2,1H3,(H,39,40)(H,34,35,38)/t16?,18-,19+,23?,25?/m0/s1. The fourth-order valence-corrected chi connectivity index (χ4v) is 6.91. The second-order valence-electron chi connectivity index (χ2n) is 10.6. The van der Waals surface area contributed by atoms with Crippen molar-refractivity contribution in [3.05, 3.63) is 93.8 Å². The topological polar surface area (TPSA) is 116 Å². The first kappa shape index (κ1) is 26.1. The first-order valence-electron chi connectivity index (χ1n) is 13.5. The SMILES string of the molecule is CNC1c2cccnc2[C@@H](C2CC(n3c(=O)[nH]c4ncccc43)CCN2C(=O)O)CC[C@H]1c1cccc(F)c1F. The maximum absolute atomic E-state index is 15.1. The Labute approximate surface area is 228 Å². The molecular weight excluding hydrogens is 518 g/mol. The first-order valence-corrected chi connectivity index (χ1v) is 13.5. The molecule has 1 fully saturated rings. The molecule has 208 valence electrons. The van der Waals surface area contributed by atoms with Crippen LogP contribution in [0, 0.1) is 11.6 Å². The van der Waals surface area contributed by atoms with Gasteiger partial charge in [0.15, 0.2) is 17.3 Å². The number of benzene rings is 1. The number of halogens is 2. The maximum atomic E-state index is 15.1. The van der Waals surface area contributed by atoms with Gasteiger partial charge < -0.3 is 15.3 Å². The van der Waals surface area contributed by atoms with E-state index < -0.39 is 29.7 Å². The van der Waals surface area contributed by atoms with Gasteiger partial charge in [-0.2, -0.15) is 0 Å². The molecule has 1 aromatic carbocycles. The third kappa shape index (κ3) is 4.34. The number of H-pyrrole nitrogens is 1. The van der Waals surface area contributed by atoms with Gasteiger partial charge >= 0.3 is 11.8 Å². The van der Waals surface area contributed by atoms with E-state index in [1.54, 1.807) is 36.1 Å². The van der Waals surface area contributed by atoms with E-state index >= 15 is 4.39 Å². The molecule has 4 aromatic rings. The molecule has 6 rings (SSSR count). The number of likely N-dealkylation sites (tertiary alicyclic amines) is 1. The number of likely N-dealkylation sites (N-methyl/N-ethyl adjacent to an activating group) is 1. The van der Waals surface area contributed by atoms with E-state index in [1.165, 1.54) is 11.0 Å². The van der Waals surface area contributed by atoms with E-state index in [0.29, 0.717) is 36.8 Å². The van der Waals surface area contributed by atoms with Crippen molar-refractivity contribution in [1.82, 2.24) is 29.7 Å². The van der Waals surface area contributed by atoms with E-state index in [1.807, 2.05) is 18.2 Å². The largest absolute Gasteiger partial charge is 0.465 e. The number of aromatic nitrogens is 4. The summed E-state index contributed by atoms with van der Waals surface area (Å²) < 4.78 is 31.0. The molecule has 3 unspecified atom stereocenters. The number of fused-ring (bicyclic) bond motifs is 2. The number of carboxylic acid groups (broad SMARTS) is 1. The zero-order valence-electron chi connectivity index (χ0n) is 21.9. The highest BCUT2D eigenvalue weighted by Crippen LogP contribution is 2.47. The molecule has 0 saturated carbocycles. The smallest absolute Gasteiger partial charge is 0.407 e. The fourth-order valence-electron chi connectivity index (χ4n) is 6.91. The van der Waals surface area contributed by atoms with Gasteiger partial charge in [0.05, 0.1) is 11.2 Å². The number of nitrogens with one attached hydrogen (secondary N) is 2. The fraction of sp³-hybridized carbons (Fsp3) is 0.379. The summed E-state index contributed by atoms with van der Waals surface area (Å²) >= 11 is 0. The Morgan fingerprint density at radius 1 is 1.02 bits per heavy atom. The number of pyridine rings is 2. The van der Waals surface area contributed by atoms with E-state index in [4.69, 9.17) is 4.98 Å². The van der Waals surface area contributed by atoms with Crippen LogP contribution in [0.4, 0.5) is 13.6 Å². The summed E-state index contributed by atoms with van der Waals surface area (Å²) in [5, 5.41) is 13.5. The number of amides is 1. The van der Waals surface area contributed by atoms with Crippen LogP contribution >= 0.6 is 0 Å². The lowest BCUT2D eigenvalue weighted by Gasteiger charge is -2.42. The Hall–Kier alpha value is -4.12. The Balaban J connectivity index is 1.43. The summed E-state index contributed by atoms with van der Waals surface area (Å²) in [7, 11) is 1.78. The van der Waals surface area contributed by atoms with Crippen LogP contribution in [0.15, 0.2) is 59.7 Å². The Morgan fingerprint density at radius 3 is 2.58 bits per heavy atom. The van der Waals surface area contributed by atoms with E-state index in [0.717, 1.165) is 17.3 Å². The van der Waals surface area contributed by atoms with Gasteiger partial charge in [-0.1, -0.05) is 18.2 Å². The molecule has 0 spiro atoms. The monoisotopic (exact) mass is 548 g/mol. The van der Waals surface area contributed by atoms with Gasteiger partial charge in [0.25, 0.3) is 0 Å². The number of hydrogen-bond acceptors (Lipinski definition) is 5. The highest BCUT2D eigenvalue weighted by Gasteiger charge is 2.43. The zero-order chi connectivity index (χ0) is 28.0. The van der Waals surface area contributed by atoms with Gasteiger partial charge in [0, 0.05) is 48.9 Å². The molecule has 1 aliphatic heterocycles. The molecule has 9 nitrogen and oxygen atoms in total. The molecule has 0 bridgehead atoms. The highest BCUT2D eigenvalue weighted by molar-refractivity contribution is 5.70. The number of piperidine rings is 1. The van der Waals surface area contributed by atoms with Crippen LogP contribution < -0.4 is 11.0 Å². The van der Waals surface area contributed by atoms with Crippen molar-refractivity contribution in [1.29, 1.82) is 0 Å². The molecule has 0 radical (unpaired) electrons. The van der Waals surface area contributed by atoms with Crippen LogP contribution in [0.3, 0.4) is 0 Å². The number of nitrogens with zero attached hydrogens (tertiary/aromatic N) is 4. The molecule has 3 aromatic heterocycles. The summed E-state index contributed by atoms with van der Waals surface area (Å²) in [6, 6.07) is 10.5. The first-order chi connectivity index (χ1) is 19.4. The predicted octanol–water partition coefficient (Wildman–Crippen LogP) is 4.70. The van der Waals surface area contributed by atoms with Crippen LogP contribution in [0.25, 0.3) is 11.2 Å². The number of hydrogen-bond donors (Lipinski definition) is 3. The predicted molar refractivity (Wildman–Crippen MR) is 144 cm³/mol. The summed E-state index contributed by atoms with van der Waals surface area (Å²) in [5.41, 5.74) is 2.74. The summed E-state index contributed by atoms with van der Waals surface area (Å²) in [6.07, 6.45) is 4.13. The zero-order valence-corrected chi connectivity index (χ0v) is 21.9. The van der Waals surface area contributed by atoms with Crippen LogP contribution in [0.2, 0.25) is 0 Å². The van der Waals surface area contributed by atoms with Crippen molar-refractivity contribution in [3.8, 4) is 0 Å². The van der Waals surface area contributed by atoms with Gasteiger partial charge in [-0.05, 0) is 68.1 Å². The van der Waals surface area contributed by atoms with Crippen LogP contribution in [-0.4, -0.2) is 55.3 Å². The molecular formula is C29H30F2N6O3. The summed E-state index contributed by atoms with van der Waals surface area (Å²) in [6.45, 7) is 0.250. The molecule has 1 amide bonds. The molecule has 1 aliphatic carbocycles. The Morgan fingerprint density at radius 2 is 1.77 bits per heavy atom. The summed E-state index contributed by atoms with van der Waals surface area (Å²) in [5.74, 6) is -2.47. The number of rotatable bonds is 4. The molecule has 5 atom stereocenters. The van der Waals surface area contributed by atoms with E-state index in [9.17, 15) is 19.1 Å². The van der Waals surface area contributed by atoms with Crippen LogP contribution in [0.5, 0.6) is 0 Å². The van der Waals surface area contributed by atoms with Crippen molar-refractivity contribution in [3.63, 3.8) is 0 Å². The Kier molecular flexibility index (Phi) is 6.83. The number of aromatic amines is 1. The van der Waals surface area contributed by atoms with Crippen LogP contribution in [0.1, 0.15) is 66.4 Å². The van der Waals surface area contributed by atoms with Crippen molar-refractivity contribution in [2.45, 2.75) is 55.6 Å². The lowest BCUT2D eigenvalue weighted by molar-refractivity contribution is 0.0779. The quantitative estimate of drug-likeness (QED) is 0.318. The van der Waals surface area contributed by atoms with E-state index in [2.05, 4.69) is 15.3 Å².